The first-order valence-electron chi connectivity index (χ1n) is 11.0. The normalized spacial score (nSPS) is 12.3. The van der Waals surface area contributed by atoms with E-state index in [0.29, 0.717) is 5.82 Å². The van der Waals surface area contributed by atoms with E-state index in [2.05, 4.69) is 74.4 Å². The number of aryl methyl sites for hydroxylation is 1. The zero-order chi connectivity index (χ0) is 21.9. The Balaban J connectivity index is 1.51. The van der Waals surface area contributed by atoms with E-state index >= 15 is 0 Å². The molecule has 5 rings (SSSR count). The van der Waals surface area contributed by atoms with E-state index in [1.165, 1.54) is 5.56 Å². The van der Waals surface area contributed by atoms with Crippen molar-refractivity contribution in [3.63, 3.8) is 0 Å². The van der Waals surface area contributed by atoms with Crippen molar-refractivity contribution in [3.8, 4) is 22.5 Å². The van der Waals surface area contributed by atoms with Gasteiger partial charge in [0.1, 0.15) is 11.3 Å². The number of aromatic amines is 1. The number of nitrogens with zero attached hydrogens (tertiary/aromatic N) is 6. The Morgan fingerprint density at radius 1 is 0.969 bits per heavy atom. The van der Waals surface area contributed by atoms with Gasteiger partial charge in [0.15, 0.2) is 11.5 Å². The second kappa shape index (κ2) is 8.70. The van der Waals surface area contributed by atoms with Crippen molar-refractivity contribution in [2.75, 3.05) is 0 Å². The number of pyridine rings is 1. The third-order valence-corrected chi connectivity index (χ3v) is 5.89. The summed E-state index contributed by atoms with van der Waals surface area (Å²) >= 11 is 0. The molecule has 32 heavy (non-hydrogen) atoms. The van der Waals surface area contributed by atoms with Crippen LogP contribution >= 0.6 is 0 Å². The number of rotatable bonds is 7. The molecule has 5 aromatic rings. The molecule has 0 aliphatic heterocycles. The molecule has 3 heterocycles. The molecule has 0 saturated carbocycles. The molecular formula is C25H25N7. The predicted octanol–water partition coefficient (Wildman–Crippen LogP) is 5.23. The summed E-state index contributed by atoms with van der Waals surface area (Å²) in [6.07, 6.45) is 5.05. The van der Waals surface area contributed by atoms with Crippen molar-refractivity contribution in [3.05, 3.63) is 78.2 Å². The van der Waals surface area contributed by atoms with E-state index in [1.54, 1.807) is 0 Å². The van der Waals surface area contributed by atoms with Crippen molar-refractivity contribution < 1.29 is 0 Å². The molecule has 1 atom stereocenters. The average Bonchev–Trinajstić information content (AvgIpc) is 3.50. The standard InChI is InChI=1S/C25H25N7/c1-3-4-11-23-27-22-10-7-16-26-25(22)32(23)17(2)18-12-14-19(15-13-18)20-8-5-6-9-21(20)24-28-30-31-29-24/h5-10,12-17H,3-4,11H2,1-2H3,(H,28,29,30,31). The minimum absolute atomic E-state index is 0.129. The maximum atomic E-state index is 4.88. The topological polar surface area (TPSA) is 85.2 Å². The van der Waals surface area contributed by atoms with Gasteiger partial charge in [0.25, 0.3) is 0 Å². The fraction of sp³-hybridized carbons (Fsp3) is 0.240. The van der Waals surface area contributed by atoms with E-state index < -0.39 is 0 Å². The van der Waals surface area contributed by atoms with Crippen molar-refractivity contribution in [1.82, 2.24) is 35.2 Å². The van der Waals surface area contributed by atoms with E-state index in [-0.39, 0.29) is 6.04 Å². The van der Waals surface area contributed by atoms with Crippen molar-refractivity contribution in [1.29, 1.82) is 0 Å². The van der Waals surface area contributed by atoms with Crippen LogP contribution in [0, 0.1) is 0 Å². The summed E-state index contributed by atoms with van der Waals surface area (Å²) in [4.78, 5) is 9.52. The average molecular weight is 424 g/mol. The molecule has 0 aliphatic carbocycles. The van der Waals surface area contributed by atoms with Gasteiger partial charge in [-0.3, -0.25) is 0 Å². The Bertz CT molecular complexity index is 1320. The minimum Gasteiger partial charge on any atom is -0.305 e. The number of benzene rings is 2. The fourth-order valence-electron chi connectivity index (χ4n) is 4.20. The lowest BCUT2D eigenvalue weighted by Gasteiger charge is -2.18. The molecule has 1 N–H and O–H groups in total. The molecule has 7 nitrogen and oxygen atoms in total. The van der Waals surface area contributed by atoms with Crippen LogP contribution in [0.4, 0.5) is 0 Å². The number of fused-ring (bicyclic) bond motifs is 1. The molecular weight excluding hydrogens is 398 g/mol. The molecule has 0 saturated heterocycles. The van der Waals surface area contributed by atoms with Gasteiger partial charge in [-0.15, -0.1) is 5.10 Å². The quantitative estimate of drug-likeness (QED) is 0.387. The molecule has 0 spiro atoms. The predicted molar refractivity (Wildman–Crippen MR) is 125 cm³/mol. The molecule has 7 heteroatoms. The Labute approximate surface area is 186 Å². The Morgan fingerprint density at radius 3 is 2.53 bits per heavy atom. The van der Waals surface area contributed by atoms with Gasteiger partial charge < -0.3 is 4.57 Å². The van der Waals surface area contributed by atoms with E-state index in [4.69, 9.17) is 4.98 Å². The van der Waals surface area contributed by atoms with Gasteiger partial charge in [-0.1, -0.05) is 61.9 Å². The first-order valence-corrected chi connectivity index (χ1v) is 11.0. The molecule has 0 bridgehead atoms. The van der Waals surface area contributed by atoms with Crippen molar-refractivity contribution >= 4 is 11.2 Å². The number of tetrazole rings is 1. The minimum atomic E-state index is 0.129. The number of nitrogens with one attached hydrogen (secondary N) is 1. The van der Waals surface area contributed by atoms with E-state index in [1.807, 2.05) is 36.5 Å². The van der Waals surface area contributed by atoms with Gasteiger partial charge in [-0.05, 0) is 52.6 Å². The van der Waals surface area contributed by atoms with Crippen LogP contribution in [0.5, 0.6) is 0 Å². The lowest BCUT2D eigenvalue weighted by molar-refractivity contribution is 0.599. The highest BCUT2D eigenvalue weighted by Gasteiger charge is 2.18. The van der Waals surface area contributed by atoms with Crippen molar-refractivity contribution in [2.45, 2.75) is 39.2 Å². The maximum absolute atomic E-state index is 4.88. The van der Waals surface area contributed by atoms with Gasteiger partial charge in [0, 0.05) is 18.2 Å². The van der Waals surface area contributed by atoms with E-state index in [9.17, 15) is 0 Å². The van der Waals surface area contributed by atoms with Crippen LogP contribution < -0.4 is 0 Å². The second-order valence-corrected chi connectivity index (χ2v) is 7.94. The fourth-order valence-corrected chi connectivity index (χ4v) is 4.20. The summed E-state index contributed by atoms with van der Waals surface area (Å²) in [5.74, 6) is 1.76. The van der Waals surface area contributed by atoms with Crippen LogP contribution in [0.3, 0.4) is 0 Å². The summed E-state index contributed by atoms with van der Waals surface area (Å²) in [6, 6.07) is 21.0. The second-order valence-electron chi connectivity index (χ2n) is 7.94. The van der Waals surface area contributed by atoms with Gasteiger partial charge in [-0.25, -0.2) is 15.1 Å². The maximum Gasteiger partial charge on any atom is 0.180 e. The number of aromatic nitrogens is 7. The van der Waals surface area contributed by atoms with Gasteiger partial charge in [0.2, 0.25) is 0 Å². The summed E-state index contributed by atoms with van der Waals surface area (Å²) < 4.78 is 2.29. The molecule has 160 valence electrons. The van der Waals surface area contributed by atoms with Crippen LogP contribution in [0.15, 0.2) is 66.9 Å². The highest BCUT2D eigenvalue weighted by atomic mass is 15.5. The van der Waals surface area contributed by atoms with Crippen LogP contribution in [0.1, 0.15) is 44.1 Å². The Hall–Kier alpha value is -3.87. The first kappa shape index (κ1) is 20.1. The van der Waals surface area contributed by atoms with Gasteiger partial charge >= 0.3 is 0 Å². The third kappa shape index (κ3) is 3.66. The molecule has 0 aliphatic rings. The number of hydrogen-bond acceptors (Lipinski definition) is 5. The number of hydrogen-bond donors (Lipinski definition) is 1. The number of H-pyrrole nitrogens is 1. The monoisotopic (exact) mass is 423 g/mol. The number of imidazole rings is 1. The zero-order valence-corrected chi connectivity index (χ0v) is 18.2. The number of unbranched alkanes of at least 4 members (excludes halogenated alkanes) is 1. The molecule has 0 amide bonds. The highest BCUT2D eigenvalue weighted by molar-refractivity contribution is 5.80. The van der Waals surface area contributed by atoms with Gasteiger partial charge in [-0.2, -0.15) is 0 Å². The summed E-state index contributed by atoms with van der Waals surface area (Å²) in [7, 11) is 0. The zero-order valence-electron chi connectivity index (χ0n) is 18.2. The Kier molecular flexibility index (Phi) is 5.46. The first-order chi connectivity index (χ1) is 15.8. The SMILES string of the molecule is CCCCc1nc2cccnc2n1C(C)c1ccc(-c2ccccc2-c2nnn[nH]2)cc1. The largest absolute Gasteiger partial charge is 0.305 e. The van der Waals surface area contributed by atoms with Crippen molar-refractivity contribution in [2.24, 2.45) is 0 Å². The molecule has 3 aromatic heterocycles. The van der Waals surface area contributed by atoms with Crippen LogP contribution in [0.25, 0.3) is 33.7 Å². The van der Waals surface area contributed by atoms with Crippen LogP contribution in [-0.4, -0.2) is 35.2 Å². The molecule has 0 radical (unpaired) electrons. The van der Waals surface area contributed by atoms with Crippen LogP contribution in [0.2, 0.25) is 0 Å². The summed E-state index contributed by atoms with van der Waals surface area (Å²) in [5.41, 5.74) is 6.30. The Morgan fingerprint density at radius 2 is 1.78 bits per heavy atom. The lowest BCUT2D eigenvalue weighted by Crippen LogP contribution is -2.11. The smallest absolute Gasteiger partial charge is 0.180 e. The third-order valence-electron chi connectivity index (χ3n) is 5.89. The molecule has 0 fully saturated rings. The van der Waals surface area contributed by atoms with E-state index in [0.717, 1.165) is 52.9 Å². The summed E-state index contributed by atoms with van der Waals surface area (Å²) in [6.45, 7) is 4.43. The van der Waals surface area contributed by atoms with Crippen LogP contribution in [-0.2, 0) is 6.42 Å². The molecule has 2 aromatic carbocycles. The van der Waals surface area contributed by atoms with Gasteiger partial charge in [0.05, 0.1) is 6.04 Å². The molecule has 1 unspecified atom stereocenters. The lowest BCUT2D eigenvalue weighted by atomic mass is 9.97. The highest BCUT2D eigenvalue weighted by Crippen LogP contribution is 2.32. The summed E-state index contributed by atoms with van der Waals surface area (Å²) in [5, 5.41) is 14.4.